The Labute approximate surface area is 267 Å². The minimum Gasteiger partial charge on any atom is -0.444 e. The van der Waals surface area contributed by atoms with Gasteiger partial charge in [-0.15, -0.1) is 0 Å². The fourth-order valence-corrected chi connectivity index (χ4v) is 7.25. The van der Waals surface area contributed by atoms with Crippen molar-refractivity contribution in [2.45, 2.75) is 83.4 Å². The van der Waals surface area contributed by atoms with Gasteiger partial charge in [-0.25, -0.2) is 19.2 Å². The lowest BCUT2D eigenvalue weighted by Gasteiger charge is -2.44. The van der Waals surface area contributed by atoms with Crippen LogP contribution in [0.15, 0.2) is 61.1 Å². The average molecular weight is 615 g/mol. The Kier molecular flexibility index (Phi) is 9.54. The number of benzene rings is 2. The number of hydrogen-bond acceptors (Lipinski definition) is 7. The third kappa shape index (κ3) is 7.75. The summed E-state index contributed by atoms with van der Waals surface area (Å²) in [7, 11) is 0. The number of nitrogens with zero attached hydrogens (tertiary/aromatic N) is 5. The maximum Gasteiger partial charge on any atom is 0.407 e. The molecule has 1 aliphatic carbocycles. The van der Waals surface area contributed by atoms with Crippen LogP contribution in [0.2, 0.25) is 0 Å². The number of fused-ring (bicyclic) bond motifs is 1. The number of piperidine rings is 1. The molecule has 0 bridgehead atoms. The number of carbonyl (C=O) groups is 1. The van der Waals surface area contributed by atoms with E-state index in [2.05, 4.69) is 25.0 Å². The van der Waals surface area contributed by atoms with Crippen LogP contribution >= 0.6 is 0 Å². The van der Waals surface area contributed by atoms with Crippen molar-refractivity contribution < 1.29 is 13.9 Å². The summed E-state index contributed by atoms with van der Waals surface area (Å²) in [4.78, 5) is 28.7. The highest BCUT2D eigenvalue weighted by molar-refractivity contribution is 5.86. The lowest BCUT2D eigenvalue weighted by atomic mass is 9.84. The predicted molar refractivity (Wildman–Crippen MR) is 177 cm³/mol. The second kappa shape index (κ2) is 13.7. The second-order valence-electron chi connectivity index (χ2n) is 13.8. The van der Waals surface area contributed by atoms with Crippen molar-refractivity contribution in [3.05, 3.63) is 66.9 Å². The summed E-state index contributed by atoms with van der Waals surface area (Å²) in [6, 6.07) is 15.7. The Morgan fingerprint density at radius 3 is 2.44 bits per heavy atom. The fourth-order valence-electron chi connectivity index (χ4n) is 7.25. The van der Waals surface area contributed by atoms with Gasteiger partial charge in [-0.1, -0.05) is 30.3 Å². The van der Waals surface area contributed by atoms with E-state index in [9.17, 15) is 9.18 Å². The molecule has 0 unspecified atom stereocenters. The summed E-state index contributed by atoms with van der Waals surface area (Å²) in [5.41, 5.74) is 3.36. The fraction of sp³-hybridized carbons (Fsp3) is 0.528. The van der Waals surface area contributed by atoms with Gasteiger partial charge in [0.15, 0.2) is 5.82 Å². The van der Waals surface area contributed by atoms with Gasteiger partial charge in [0.1, 0.15) is 23.4 Å². The molecule has 9 heteroatoms. The van der Waals surface area contributed by atoms with Crippen LogP contribution in [0.25, 0.3) is 11.1 Å². The molecular weight excluding hydrogens is 567 g/mol. The first-order valence-corrected chi connectivity index (χ1v) is 16.6. The number of likely N-dealkylation sites (tertiary alicyclic amines) is 1. The van der Waals surface area contributed by atoms with E-state index in [1.54, 1.807) is 18.5 Å². The lowest BCUT2D eigenvalue weighted by Crippen LogP contribution is -2.50. The first kappa shape index (κ1) is 31.3. The van der Waals surface area contributed by atoms with E-state index in [0.29, 0.717) is 6.04 Å². The molecular formula is C36H47FN6O2. The van der Waals surface area contributed by atoms with Gasteiger partial charge in [0, 0.05) is 49.5 Å². The first-order valence-electron chi connectivity index (χ1n) is 16.6. The molecule has 1 N–H and O–H groups in total. The molecule has 0 radical (unpaired) electrons. The highest BCUT2D eigenvalue weighted by atomic mass is 19.1. The summed E-state index contributed by atoms with van der Waals surface area (Å²) in [5, 5.41) is 3.07. The van der Waals surface area contributed by atoms with Crippen LogP contribution < -0.4 is 15.1 Å². The first-order chi connectivity index (χ1) is 21.7. The number of halogens is 1. The summed E-state index contributed by atoms with van der Waals surface area (Å²) < 4.78 is 19.9. The highest BCUT2D eigenvalue weighted by Gasteiger charge is 2.33. The van der Waals surface area contributed by atoms with Gasteiger partial charge in [0.25, 0.3) is 0 Å². The van der Waals surface area contributed by atoms with Gasteiger partial charge >= 0.3 is 6.09 Å². The van der Waals surface area contributed by atoms with Crippen molar-refractivity contribution in [1.29, 1.82) is 0 Å². The zero-order valence-electron chi connectivity index (χ0n) is 26.9. The topological polar surface area (TPSA) is 73.8 Å². The number of ether oxygens (including phenoxy) is 1. The maximum absolute atomic E-state index is 14.4. The van der Waals surface area contributed by atoms with Gasteiger partial charge in [-0.3, -0.25) is 0 Å². The van der Waals surface area contributed by atoms with E-state index in [1.165, 1.54) is 6.42 Å². The van der Waals surface area contributed by atoms with Crippen LogP contribution in [-0.4, -0.2) is 71.4 Å². The minimum atomic E-state index is -0.462. The van der Waals surface area contributed by atoms with Crippen molar-refractivity contribution in [1.82, 2.24) is 20.2 Å². The molecule has 3 aromatic rings. The zero-order chi connectivity index (χ0) is 31.4. The number of hydrogen-bond donors (Lipinski definition) is 1. The van der Waals surface area contributed by atoms with E-state index < -0.39 is 5.60 Å². The average Bonchev–Trinajstić information content (AvgIpc) is 3.04. The molecule has 2 aromatic carbocycles. The molecule has 240 valence electrons. The Morgan fingerprint density at radius 2 is 1.71 bits per heavy atom. The molecule has 2 aliphatic heterocycles. The molecule has 3 heterocycles. The van der Waals surface area contributed by atoms with Crippen LogP contribution in [0, 0.1) is 11.7 Å². The third-order valence-electron chi connectivity index (χ3n) is 9.55. The normalized spacial score (nSPS) is 21.3. The number of rotatable bonds is 7. The molecule has 3 aliphatic rings. The van der Waals surface area contributed by atoms with Crippen LogP contribution in [0.4, 0.5) is 26.4 Å². The van der Waals surface area contributed by atoms with Crippen molar-refractivity contribution >= 4 is 23.3 Å². The van der Waals surface area contributed by atoms with E-state index in [0.717, 1.165) is 105 Å². The molecule has 1 saturated heterocycles. The largest absolute Gasteiger partial charge is 0.444 e. The van der Waals surface area contributed by atoms with Gasteiger partial charge in [-0.05, 0) is 102 Å². The van der Waals surface area contributed by atoms with Crippen LogP contribution in [0.5, 0.6) is 0 Å². The molecule has 2 fully saturated rings. The summed E-state index contributed by atoms with van der Waals surface area (Å²) in [6.45, 7) is 10.7. The molecule has 8 nitrogen and oxygen atoms in total. The standard InChI is InChI=1S/C36H47FN6O2/c1-36(2,3)45-35(44)40-29-12-9-26(10-13-29)15-18-41-19-16-30(17-20-41)42-21-22-43(33-24-38-25-39-34(33)42)32-14-11-28(37)23-31(32)27-7-5-4-6-8-27/h4-8,11,14,23-26,29-30H,9-10,12-13,15-22H2,1-3H3,(H,40,44)/t26-,29-. The van der Waals surface area contributed by atoms with E-state index in [1.807, 2.05) is 63.4 Å². The number of alkyl carbamates (subject to hydrolysis) is 1. The van der Waals surface area contributed by atoms with Gasteiger partial charge in [0.2, 0.25) is 0 Å². The van der Waals surface area contributed by atoms with Crippen LogP contribution in [-0.2, 0) is 4.74 Å². The number of aromatic nitrogens is 2. The maximum atomic E-state index is 14.4. The Morgan fingerprint density at radius 1 is 0.956 bits per heavy atom. The highest BCUT2D eigenvalue weighted by Crippen LogP contribution is 2.42. The SMILES string of the molecule is CC(C)(C)OC(=O)N[C@H]1CC[C@H](CCN2CCC(N3CCN(c4ccc(F)cc4-c4ccccc4)c4cncnc43)CC2)CC1. The molecule has 1 saturated carbocycles. The molecule has 45 heavy (non-hydrogen) atoms. The quantitative estimate of drug-likeness (QED) is 0.302. The Bertz CT molecular complexity index is 1430. The van der Waals surface area contributed by atoms with E-state index in [-0.39, 0.29) is 18.0 Å². The van der Waals surface area contributed by atoms with Gasteiger partial charge in [0.05, 0.1) is 6.20 Å². The Balaban J connectivity index is 1.02. The van der Waals surface area contributed by atoms with Gasteiger partial charge in [-0.2, -0.15) is 0 Å². The smallest absolute Gasteiger partial charge is 0.407 e. The van der Waals surface area contributed by atoms with Crippen LogP contribution in [0.3, 0.4) is 0 Å². The Hall–Kier alpha value is -3.72. The lowest BCUT2D eigenvalue weighted by molar-refractivity contribution is 0.0485. The zero-order valence-corrected chi connectivity index (χ0v) is 26.9. The molecule has 6 rings (SSSR count). The minimum absolute atomic E-state index is 0.229. The summed E-state index contributed by atoms with van der Waals surface area (Å²) >= 11 is 0. The van der Waals surface area contributed by atoms with Crippen molar-refractivity contribution in [3.63, 3.8) is 0 Å². The third-order valence-corrected chi connectivity index (χ3v) is 9.55. The van der Waals surface area contributed by atoms with Crippen molar-refractivity contribution in [2.24, 2.45) is 5.92 Å². The predicted octanol–water partition coefficient (Wildman–Crippen LogP) is 7.18. The molecule has 1 aromatic heterocycles. The molecule has 0 spiro atoms. The van der Waals surface area contributed by atoms with Gasteiger partial charge < -0.3 is 24.8 Å². The monoisotopic (exact) mass is 614 g/mol. The number of carbonyl (C=O) groups excluding carboxylic acids is 1. The number of amides is 1. The number of anilines is 3. The van der Waals surface area contributed by atoms with E-state index >= 15 is 0 Å². The number of nitrogens with one attached hydrogen (secondary N) is 1. The molecule has 1 amide bonds. The summed E-state index contributed by atoms with van der Waals surface area (Å²) in [5.74, 6) is 1.45. The summed E-state index contributed by atoms with van der Waals surface area (Å²) in [6.07, 6.45) is 11.1. The van der Waals surface area contributed by atoms with Crippen molar-refractivity contribution in [2.75, 3.05) is 42.5 Å². The molecule has 0 atom stereocenters. The van der Waals surface area contributed by atoms with Crippen LogP contribution in [0.1, 0.15) is 65.7 Å². The van der Waals surface area contributed by atoms with E-state index in [4.69, 9.17) is 9.72 Å². The second-order valence-corrected chi connectivity index (χ2v) is 13.8. The van der Waals surface area contributed by atoms with Crippen molar-refractivity contribution in [3.8, 4) is 11.1 Å².